The zero-order valence-corrected chi connectivity index (χ0v) is 20.5. The van der Waals surface area contributed by atoms with Crippen LogP contribution in [0.3, 0.4) is 0 Å². The average molecular weight is 498 g/mol. The zero-order valence-electron chi connectivity index (χ0n) is 19.7. The smallest absolute Gasteiger partial charge is 0.301 e. The molecule has 2 heterocycles. The van der Waals surface area contributed by atoms with Gasteiger partial charge in [-0.05, 0) is 37.1 Å². The number of aliphatic hydroxyl groups is 1. The molecule has 0 saturated carbocycles. The summed E-state index contributed by atoms with van der Waals surface area (Å²) in [6.45, 7) is 4.07. The van der Waals surface area contributed by atoms with E-state index in [9.17, 15) is 14.7 Å². The third-order valence-electron chi connectivity index (χ3n) is 5.91. The van der Waals surface area contributed by atoms with E-state index < -0.39 is 17.7 Å². The zero-order chi connectivity index (χ0) is 25.2. The molecule has 0 aliphatic carbocycles. The Morgan fingerprint density at radius 3 is 2.42 bits per heavy atom. The van der Waals surface area contributed by atoms with Gasteiger partial charge in [0.2, 0.25) is 5.13 Å². The van der Waals surface area contributed by atoms with Gasteiger partial charge in [0, 0.05) is 5.56 Å². The molecule has 8 heteroatoms. The highest BCUT2D eigenvalue weighted by atomic mass is 32.1. The monoisotopic (exact) mass is 497 g/mol. The summed E-state index contributed by atoms with van der Waals surface area (Å²) in [5, 5.41) is 20.3. The van der Waals surface area contributed by atoms with E-state index in [-0.39, 0.29) is 16.5 Å². The largest absolute Gasteiger partial charge is 0.507 e. The van der Waals surface area contributed by atoms with Crippen LogP contribution in [-0.2, 0) is 16.2 Å². The van der Waals surface area contributed by atoms with Gasteiger partial charge in [0.25, 0.3) is 5.78 Å². The summed E-state index contributed by atoms with van der Waals surface area (Å²) < 4.78 is 5.99. The predicted molar refractivity (Wildman–Crippen MR) is 138 cm³/mol. The SMILES string of the molecule is Cc1ccc(C(O)=C2C(=O)C(=O)N(c3nnc(C)s3)C2c2cccc(OCc3ccccc3)c2)cc1. The molecule has 1 fully saturated rings. The maximum absolute atomic E-state index is 13.3. The number of carbonyl (C=O) groups excluding carboxylic acids is 2. The van der Waals surface area contributed by atoms with Gasteiger partial charge in [-0.2, -0.15) is 0 Å². The molecule has 1 aromatic heterocycles. The van der Waals surface area contributed by atoms with Gasteiger partial charge < -0.3 is 9.84 Å². The lowest BCUT2D eigenvalue weighted by Gasteiger charge is -2.23. The van der Waals surface area contributed by atoms with E-state index in [0.717, 1.165) is 11.1 Å². The van der Waals surface area contributed by atoms with Gasteiger partial charge in [-0.25, -0.2) is 0 Å². The van der Waals surface area contributed by atoms with Crippen LogP contribution < -0.4 is 9.64 Å². The molecule has 0 radical (unpaired) electrons. The molecule has 36 heavy (non-hydrogen) atoms. The molecule has 1 aliphatic rings. The summed E-state index contributed by atoms with van der Waals surface area (Å²) in [5.74, 6) is -1.20. The van der Waals surface area contributed by atoms with Crippen LogP contribution in [0.5, 0.6) is 5.75 Å². The van der Waals surface area contributed by atoms with Crippen LogP contribution in [0.4, 0.5) is 5.13 Å². The number of hydrogen-bond donors (Lipinski definition) is 1. The molecule has 4 aromatic rings. The minimum Gasteiger partial charge on any atom is -0.507 e. The standard InChI is InChI=1S/C28H23N3O4S/c1-17-11-13-20(14-12-17)25(32)23-24(31(27(34)26(23)33)28-30-29-18(2)36-28)21-9-6-10-22(15-21)35-16-19-7-4-3-5-8-19/h3-15,24,32H,16H2,1-2H3. The van der Waals surface area contributed by atoms with E-state index in [0.29, 0.717) is 28.5 Å². The lowest BCUT2D eigenvalue weighted by molar-refractivity contribution is -0.132. The minimum absolute atomic E-state index is 0.00286. The van der Waals surface area contributed by atoms with Crippen molar-refractivity contribution in [2.45, 2.75) is 26.5 Å². The first-order valence-corrected chi connectivity index (χ1v) is 12.2. The Labute approximate surface area is 212 Å². The van der Waals surface area contributed by atoms with Gasteiger partial charge in [-0.3, -0.25) is 14.5 Å². The fraction of sp³-hybridized carbons (Fsp3) is 0.143. The first kappa shape index (κ1) is 23.4. The Morgan fingerprint density at radius 2 is 1.72 bits per heavy atom. The summed E-state index contributed by atoms with van der Waals surface area (Å²) in [6.07, 6.45) is 0. The Kier molecular flexibility index (Phi) is 6.35. The van der Waals surface area contributed by atoms with Crippen molar-refractivity contribution in [3.63, 3.8) is 0 Å². The number of ether oxygens (including phenoxy) is 1. The van der Waals surface area contributed by atoms with Gasteiger partial charge in [0.05, 0.1) is 11.6 Å². The number of benzene rings is 3. The van der Waals surface area contributed by atoms with Crippen LogP contribution in [0.1, 0.15) is 33.3 Å². The van der Waals surface area contributed by atoms with Crippen molar-refractivity contribution in [1.82, 2.24) is 10.2 Å². The minimum atomic E-state index is -0.890. The van der Waals surface area contributed by atoms with Crippen LogP contribution >= 0.6 is 11.3 Å². The molecule has 1 unspecified atom stereocenters. The predicted octanol–water partition coefficient (Wildman–Crippen LogP) is 5.36. The fourth-order valence-electron chi connectivity index (χ4n) is 4.11. The van der Waals surface area contributed by atoms with Crippen molar-refractivity contribution in [1.29, 1.82) is 0 Å². The van der Waals surface area contributed by atoms with E-state index in [1.54, 1.807) is 37.3 Å². The first-order chi connectivity index (χ1) is 17.4. The Hall–Kier alpha value is -4.30. The van der Waals surface area contributed by atoms with Gasteiger partial charge >= 0.3 is 5.91 Å². The topological polar surface area (TPSA) is 92.6 Å². The van der Waals surface area contributed by atoms with Gasteiger partial charge in [-0.15, -0.1) is 10.2 Å². The molecule has 1 atom stereocenters. The number of hydrogen-bond acceptors (Lipinski definition) is 7. The Morgan fingerprint density at radius 1 is 0.972 bits per heavy atom. The maximum atomic E-state index is 13.3. The van der Waals surface area contributed by atoms with Crippen LogP contribution in [0, 0.1) is 13.8 Å². The molecular formula is C28H23N3O4S. The number of aryl methyl sites for hydroxylation is 2. The van der Waals surface area contributed by atoms with E-state index in [2.05, 4.69) is 10.2 Å². The highest BCUT2D eigenvalue weighted by Crippen LogP contribution is 2.43. The number of nitrogens with zero attached hydrogens (tertiary/aromatic N) is 3. The molecule has 0 bridgehead atoms. The summed E-state index contributed by atoms with van der Waals surface area (Å²) >= 11 is 1.21. The van der Waals surface area contributed by atoms with E-state index >= 15 is 0 Å². The second-order valence-corrected chi connectivity index (χ2v) is 9.65. The Balaban J connectivity index is 1.59. The van der Waals surface area contributed by atoms with Gasteiger partial charge in [0.1, 0.15) is 23.1 Å². The quantitative estimate of drug-likeness (QED) is 0.219. The molecule has 5 rings (SSSR count). The summed E-state index contributed by atoms with van der Waals surface area (Å²) in [4.78, 5) is 27.8. The first-order valence-electron chi connectivity index (χ1n) is 11.4. The molecular weight excluding hydrogens is 474 g/mol. The average Bonchev–Trinajstić information content (AvgIpc) is 3.44. The lowest BCUT2D eigenvalue weighted by Crippen LogP contribution is -2.29. The number of ketones is 1. The summed E-state index contributed by atoms with van der Waals surface area (Å²) in [5.41, 5.74) is 3.08. The third kappa shape index (κ3) is 4.50. The van der Waals surface area contributed by atoms with Crippen molar-refractivity contribution in [2.75, 3.05) is 4.90 Å². The highest BCUT2D eigenvalue weighted by Gasteiger charge is 2.48. The number of amides is 1. The number of aliphatic hydroxyl groups excluding tert-OH is 1. The summed E-state index contributed by atoms with van der Waals surface area (Å²) in [6, 6.07) is 23.2. The fourth-order valence-corrected chi connectivity index (χ4v) is 4.83. The number of rotatable bonds is 6. The van der Waals surface area contributed by atoms with E-state index in [1.165, 1.54) is 16.2 Å². The number of carbonyl (C=O) groups is 2. The van der Waals surface area contributed by atoms with Crippen molar-refractivity contribution in [3.05, 3.63) is 112 Å². The Bertz CT molecular complexity index is 1460. The molecule has 7 nitrogen and oxygen atoms in total. The normalized spacial score (nSPS) is 16.9. The van der Waals surface area contributed by atoms with Gasteiger partial charge in [0.15, 0.2) is 0 Å². The van der Waals surface area contributed by atoms with E-state index in [1.807, 2.05) is 55.5 Å². The second kappa shape index (κ2) is 9.75. The molecule has 1 aliphatic heterocycles. The van der Waals surface area contributed by atoms with Crippen molar-refractivity contribution < 1.29 is 19.4 Å². The molecule has 3 aromatic carbocycles. The maximum Gasteiger partial charge on any atom is 0.301 e. The molecule has 180 valence electrons. The molecule has 1 N–H and O–H groups in total. The van der Waals surface area contributed by atoms with Crippen molar-refractivity contribution in [3.8, 4) is 5.75 Å². The van der Waals surface area contributed by atoms with E-state index in [4.69, 9.17) is 4.74 Å². The number of Topliss-reactive ketones (excluding diaryl/α,β-unsaturated/α-hetero) is 1. The number of aromatic nitrogens is 2. The highest BCUT2D eigenvalue weighted by molar-refractivity contribution is 7.15. The summed E-state index contributed by atoms with van der Waals surface area (Å²) in [7, 11) is 0. The van der Waals surface area contributed by atoms with Crippen LogP contribution in [0.25, 0.3) is 5.76 Å². The lowest BCUT2D eigenvalue weighted by atomic mass is 9.95. The molecule has 1 amide bonds. The van der Waals surface area contributed by atoms with Crippen molar-refractivity contribution >= 4 is 33.9 Å². The second-order valence-electron chi connectivity index (χ2n) is 8.49. The molecule has 1 saturated heterocycles. The third-order valence-corrected chi connectivity index (χ3v) is 6.75. The van der Waals surface area contributed by atoms with Crippen molar-refractivity contribution in [2.24, 2.45) is 0 Å². The van der Waals surface area contributed by atoms with Crippen LogP contribution in [-0.4, -0.2) is 27.0 Å². The van der Waals surface area contributed by atoms with Crippen LogP contribution in [0.2, 0.25) is 0 Å². The number of anilines is 1. The van der Waals surface area contributed by atoms with Crippen LogP contribution in [0.15, 0.2) is 84.4 Å². The molecule has 0 spiro atoms. The van der Waals surface area contributed by atoms with Gasteiger partial charge in [-0.1, -0.05) is 83.6 Å².